The van der Waals surface area contributed by atoms with Crippen molar-refractivity contribution >= 4 is 27.5 Å². The molecule has 0 radical (unpaired) electrons. The molecule has 0 aliphatic carbocycles. The summed E-state index contributed by atoms with van der Waals surface area (Å²) in [7, 11) is 0. The highest BCUT2D eigenvalue weighted by molar-refractivity contribution is 7.18. The number of para-hydroxylation sites is 1. The molecule has 2 aromatic carbocycles. The molecule has 3 aromatic rings. The van der Waals surface area contributed by atoms with Crippen molar-refractivity contribution in [3.8, 4) is 0 Å². The number of benzene rings is 2. The van der Waals surface area contributed by atoms with Crippen LogP contribution in [0.25, 0.3) is 10.2 Å². The van der Waals surface area contributed by atoms with Crippen molar-refractivity contribution in [1.82, 2.24) is 14.8 Å². The van der Waals surface area contributed by atoms with Crippen LogP contribution in [0.1, 0.15) is 29.0 Å². The molecule has 28 heavy (non-hydrogen) atoms. The van der Waals surface area contributed by atoms with Crippen LogP contribution in [-0.4, -0.2) is 46.9 Å². The fourth-order valence-electron chi connectivity index (χ4n) is 3.81. The lowest BCUT2D eigenvalue weighted by atomic mass is 10.1. The lowest BCUT2D eigenvalue weighted by Gasteiger charge is -2.22. The maximum Gasteiger partial charge on any atom is 0.223 e. The van der Waals surface area contributed by atoms with Crippen molar-refractivity contribution in [1.29, 1.82) is 0 Å². The van der Waals surface area contributed by atoms with Crippen molar-refractivity contribution in [2.45, 2.75) is 32.7 Å². The second-order valence-electron chi connectivity index (χ2n) is 7.51. The van der Waals surface area contributed by atoms with Crippen molar-refractivity contribution < 1.29 is 4.79 Å². The van der Waals surface area contributed by atoms with Gasteiger partial charge in [-0.15, -0.1) is 11.3 Å². The lowest BCUT2D eigenvalue weighted by Crippen LogP contribution is -2.35. The number of nitrogens with zero attached hydrogens (tertiary/aromatic N) is 3. The van der Waals surface area contributed by atoms with Gasteiger partial charge in [-0.2, -0.15) is 0 Å². The second-order valence-corrected chi connectivity index (χ2v) is 8.63. The Balaban J connectivity index is 1.29. The summed E-state index contributed by atoms with van der Waals surface area (Å²) in [5, 5.41) is 1.06. The highest BCUT2D eigenvalue weighted by atomic mass is 32.1. The van der Waals surface area contributed by atoms with Crippen LogP contribution in [0.2, 0.25) is 0 Å². The second kappa shape index (κ2) is 8.84. The monoisotopic (exact) mass is 393 g/mol. The van der Waals surface area contributed by atoms with Gasteiger partial charge in [0.1, 0.15) is 0 Å². The minimum Gasteiger partial charge on any atom is -0.341 e. The first-order valence-corrected chi connectivity index (χ1v) is 10.9. The molecule has 1 aliphatic heterocycles. The maximum atomic E-state index is 12.7. The van der Waals surface area contributed by atoms with E-state index in [1.54, 1.807) is 11.3 Å². The predicted molar refractivity (Wildman–Crippen MR) is 116 cm³/mol. The summed E-state index contributed by atoms with van der Waals surface area (Å²) in [6, 6.07) is 16.8. The van der Waals surface area contributed by atoms with E-state index in [9.17, 15) is 4.79 Å². The van der Waals surface area contributed by atoms with Crippen LogP contribution in [0.4, 0.5) is 0 Å². The van der Waals surface area contributed by atoms with Crippen molar-refractivity contribution in [3.63, 3.8) is 0 Å². The van der Waals surface area contributed by atoms with Gasteiger partial charge < -0.3 is 4.90 Å². The molecule has 1 amide bonds. The highest BCUT2D eigenvalue weighted by Crippen LogP contribution is 2.22. The van der Waals surface area contributed by atoms with E-state index in [0.717, 1.165) is 56.1 Å². The zero-order valence-electron chi connectivity index (χ0n) is 16.4. The number of hydrogen-bond donors (Lipinski definition) is 0. The van der Waals surface area contributed by atoms with Gasteiger partial charge in [0.15, 0.2) is 0 Å². The van der Waals surface area contributed by atoms with Gasteiger partial charge in [-0.1, -0.05) is 36.4 Å². The van der Waals surface area contributed by atoms with Crippen molar-refractivity contribution in [2.75, 3.05) is 26.2 Å². The van der Waals surface area contributed by atoms with E-state index in [0.29, 0.717) is 6.42 Å². The quantitative estimate of drug-likeness (QED) is 0.649. The summed E-state index contributed by atoms with van der Waals surface area (Å²) < 4.78 is 1.20. The minimum absolute atomic E-state index is 0.261. The van der Waals surface area contributed by atoms with Gasteiger partial charge in [-0.3, -0.25) is 9.69 Å². The SMILES string of the molecule is Cc1ccccc1CN1CCCN(C(=O)CCc2nc3ccccc3s2)CC1. The number of carbonyl (C=O) groups excluding carboxylic acids is 1. The molecule has 5 heteroatoms. The molecule has 146 valence electrons. The number of amides is 1. The first kappa shape index (κ1) is 19.1. The number of rotatable bonds is 5. The molecule has 1 aliphatic rings. The van der Waals surface area contributed by atoms with Gasteiger partial charge in [0.05, 0.1) is 15.2 Å². The molecule has 0 spiro atoms. The number of aromatic nitrogens is 1. The van der Waals surface area contributed by atoms with E-state index >= 15 is 0 Å². The zero-order valence-corrected chi connectivity index (χ0v) is 17.3. The fourth-order valence-corrected chi connectivity index (χ4v) is 4.77. The third-order valence-electron chi connectivity index (χ3n) is 5.49. The van der Waals surface area contributed by atoms with Gasteiger partial charge in [0, 0.05) is 45.6 Å². The van der Waals surface area contributed by atoms with Gasteiger partial charge in [0.2, 0.25) is 5.91 Å². The van der Waals surface area contributed by atoms with Crippen LogP contribution in [0, 0.1) is 6.92 Å². The summed E-state index contributed by atoms with van der Waals surface area (Å²) in [5.74, 6) is 0.261. The topological polar surface area (TPSA) is 36.4 Å². The predicted octanol–water partition coefficient (Wildman–Crippen LogP) is 4.27. The summed E-state index contributed by atoms with van der Waals surface area (Å²) in [5.41, 5.74) is 3.77. The smallest absolute Gasteiger partial charge is 0.223 e. The van der Waals surface area contributed by atoms with E-state index in [2.05, 4.69) is 47.1 Å². The Morgan fingerprint density at radius 1 is 1.04 bits per heavy atom. The molecule has 0 unspecified atom stereocenters. The number of carbonyl (C=O) groups is 1. The molecular weight excluding hydrogens is 366 g/mol. The van der Waals surface area contributed by atoms with E-state index in [-0.39, 0.29) is 5.91 Å². The number of thiazole rings is 1. The average molecular weight is 394 g/mol. The largest absolute Gasteiger partial charge is 0.341 e. The van der Waals surface area contributed by atoms with E-state index in [4.69, 9.17) is 0 Å². The Kier molecular flexibility index (Phi) is 6.03. The third kappa shape index (κ3) is 4.59. The van der Waals surface area contributed by atoms with Crippen LogP contribution in [0.5, 0.6) is 0 Å². The van der Waals surface area contributed by atoms with Crippen LogP contribution >= 0.6 is 11.3 Å². The summed E-state index contributed by atoms with van der Waals surface area (Å²) in [6.07, 6.45) is 2.33. The molecule has 1 saturated heterocycles. The standard InChI is InChI=1S/C23H27N3OS/c1-18-7-2-3-8-19(18)17-25-13-6-14-26(16-15-25)23(27)12-11-22-24-20-9-4-5-10-21(20)28-22/h2-5,7-10H,6,11-17H2,1H3. The molecular formula is C23H27N3OS. The Hall–Kier alpha value is -2.24. The number of fused-ring (bicyclic) bond motifs is 1. The van der Waals surface area contributed by atoms with Crippen LogP contribution in [0.3, 0.4) is 0 Å². The molecule has 0 saturated carbocycles. The van der Waals surface area contributed by atoms with Crippen LogP contribution < -0.4 is 0 Å². The Labute approximate surface area is 170 Å². The molecule has 0 N–H and O–H groups in total. The van der Waals surface area contributed by atoms with Crippen LogP contribution in [-0.2, 0) is 17.8 Å². The maximum absolute atomic E-state index is 12.7. The highest BCUT2D eigenvalue weighted by Gasteiger charge is 2.19. The summed E-state index contributed by atoms with van der Waals surface area (Å²) in [4.78, 5) is 21.9. The number of aryl methyl sites for hydroxylation is 2. The molecule has 0 bridgehead atoms. The van der Waals surface area contributed by atoms with Gasteiger partial charge in [-0.05, 0) is 36.6 Å². The van der Waals surface area contributed by atoms with Crippen LogP contribution in [0.15, 0.2) is 48.5 Å². The summed E-state index contributed by atoms with van der Waals surface area (Å²) in [6.45, 7) is 6.83. The van der Waals surface area contributed by atoms with E-state index < -0.39 is 0 Å². The van der Waals surface area contributed by atoms with Crippen molar-refractivity contribution in [2.24, 2.45) is 0 Å². The fraction of sp³-hybridized carbons (Fsp3) is 0.391. The van der Waals surface area contributed by atoms with Gasteiger partial charge in [0.25, 0.3) is 0 Å². The minimum atomic E-state index is 0.261. The van der Waals surface area contributed by atoms with Gasteiger partial charge >= 0.3 is 0 Å². The van der Waals surface area contributed by atoms with Gasteiger partial charge in [-0.25, -0.2) is 4.98 Å². The first-order valence-electron chi connectivity index (χ1n) is 10.1. The van der Waals surface area contributed by atoms with E-state index in [1.165, 1.54) is 15.8 Å². The zero-order chi connectivity index (χ0) is 19.3. The first-order chi connectivity index (χ1) is 13.7. The molecule has 4 rings (SSSR count). The van der Waals surface area contributed by atoms with E-state index in [1.807, 2.05) is 23.1 Å². The Morgan fingerprint density at radius 3 is 2.71 bits per heavy atom. The normalized spacial score (nSPS) is 15.7. The Morgan fingerprint density at radius 2 is 1.86 bits per heavy atom. The number of hydrogen-bond acceptors (Lipinski definition) is 4. The molecule has 4 nitrogen and oxygen atoms in total. The molecule has 1 fully saturated rings. The summed E-state index contributed by atoms with van der Waals surface area (Å²) >= 11 is 1.70. The third-order valence-corrected chi connectivity index (χ3v) is 6.58. The van der Waals surface area contributed by atoms with Crippen molar-refractivity contribution in [3.05, 3.63) is 64.7 Å². The lowest BCUT2D eigenvalue weighted by molar-refractivity contribution is -0.131. The Bertz CT molecular complexity index is 919. The molecule has 2 heterocycles. The molecule has 1 aromatic heterocycles. The molecule has 0 atom stereocenters. The average Bonchev–Trinajstić information content (AvgIpc) is 2.98.